The van der Waals surface area contributed by atoms with E-state index < -0.39 is 15.6 Å². The summed E-state index contributed by atoms with van der Waals surface area (Å²) in [7, 11) is -4.01. The highest BCUT2D eigenvalue weighted by Crippen LogP contribution is 2.20. The highest BCUT2D eigenvalue weighted by atomic mass is 32.2. The summed E-state index contributed by atoms with van der Waals surface area (Å²) in [5.74, 6) is 0. The van der Waals surface area contributed by atoms with Crippen molar-refractivity contribution in [2.75, 3.05) is 0 Å². The van der Waals surface area contributed by atoms with Gasteiger partial charge < -0.3 is 4.55 Å². The molecule has 0 atom stereocenters. The lowest BCUT2D eigenvalue weighted by Gasteiger charge is -2.08. The van der Waals surface area contributed by atoms with Crippen molar-refractivity contribution >= 4 is 10.1 Å². The van der Waals surface area contributed by atoms with Crippen molar-refractivity contribution in [2.24, 2.45) is 7.05 Å². The molecule has 5 nitrogen and oxygen atoms in total. The SMILES string of the molecule is CCCCCCCCCCCCCCCC[n+]1ccn(C)c1.O=S(=O)([O-])C(F)(F)F. The lowest BCUT2D eigenvalue weighted by atomic mass is 10.0. The summed E-state index contributed by atoms with van der Waals surface area (Å²) in [6, 6.07) is 0. The fourth-order valence-corrected chi connectivity index (χ4v) is 3.12. The van der Waals surface area contributed by atoms with E-state index in [1.54, 1.807) is 0 Å². The van der Waals surface area contributed by atoms with E-state index in [0.29, 0.717) is 0 Å². The van der Waals surface area contributed by atoms with E-state index >= 15 is 0 Å². The summed E-state index contributed by atoms with van der Waals surface area (Å²) in [5.41, 5.74) is -5.65. The summed E-state index contributed by atoms with van der Waals surface area (Å²) in [6.07, 6.45) is 26.5. The molecule has 0 saturated carbocycles. The first-order chi connectivity index (χ1) is 14.1. The molecule has 1 aromatic heterocycles. The fourth-order valence-electron chi connectivity index (χ4n) is 3.12. The summed E-state index contributed by atoms with van der Waals surface area (Å²) in [4.78, 5) is 0. The number of rotatable bonds is 15. The number of imidazole rings is 1. The Kier molecular flexibility index (Phi) is 16.0. The van der Waals surface area contributed by atoms with E-state index in [4.69, 9.17) is 13.0 Å². The first-order valence-corrected chi connectivity index (χ1v) is 12.5. The van der Waals surface area contributed by atoms with Crippen molar-refractivity contribution in [1.82, 2.24) is 4.57 Å². The highest BCUT2D eigenvalue weighted by molar-refractivity contribution is 7.86. The van der Waals surface area contributed by atoms with Crippen molar-refractivity contribution in [3.8, 4) is 0 Å². The molecule has 0 aliphatic carbocycles. The quantitative estimate of drug-likeness (QED) is 0.144. The maximum absolute atomic E-state index is 10.7. The second-order valence-corrected chi connectivity index (χ2v) is 9.18. The third kappa shape index (κ3) is 16.7. The lowest BCUT2D eigenvalue weighted by molar-refractivity contribution is -0.696. The molecule has 0 amide bonds. The van der Waals surface area contributed by atoms with Gasteiger partial charge in [-0.15, -0.1) is 0 Å². The minimum atomic E-state index is -6.09. The van der Waals surface area contributed by atoms with Crippen LogP contribution in [-0.4, -0.2) is 23.0 Å². The van der Waals surface area contributed by atoms with Crippen LogP contribution in [0.25, 0.3) is 0 Å². The molecule has 1 rings (SSSR count). The summed E-state index contributed by atoms with van der Waals surface area (Å²) in [5, 5.41) is 0. The Labute approximate surface area is 180 Å². The van der Waals surface area contributed by atoms with Crippen LogP contribution >= 0.6 is 0 Å². The Bertz CT molecular complexity index is 632. The van der Waals surface area contributed by atoms with Gasteiger partial charge in [0.2, 0.25) is 6.33 Å². The van der Waals surface area contributed by atoms with Gasteiger partial charge in [-0.3, -0.25) is 0 Å². The highest BCUT2D eigenvalue weighted by Gasteiger charge is 2.36. The standard InChI is InChI=1S/C20H39N2.CHF3O3S/c1-3-4-5-6-7-8-9-10-11-12-13-14-15-16-17-22-19-18-21(2)20-22;2-1(3,4)8(5,6)7/h18-20H,3-17H2,1-2H3;(H,5,6,7)/q+1;/p-1. The molecular formula is C21H39F3N2O3S. The van der Waals surface area contributed by atoms with Crippen LogP contribution < -0.4 is 4.57 Å². The molecule has 0 aliphatic heterocycles. The van der Waals surface area contributed by atoms with E-state index in [1.807, 2.05) is 0 Å². The Morgan fingerprint density at radius 2 is 1.20 bits per heavy atom. The van der Waals surface area contributed by atoms with Gasteiger partial charge >= 0.3 is 5.51 Å². The first kappa shape index (κ1) is 28.9. The Hall–Kier alpha value is -1.09. The molecule has 0 saturated heterocycles. The number of alkyl halides is 3. The molecule has 178 valence electrons. The molecule has 0 unspecified atom stereocenters. The van der Waals surface area contributed by atoms with Gasteiger partial charge in [0.05, 0.1) is 13.6 Å². The number of halogens is 3. The topological polar surface area (TPSA) is 66.0 Å². The van der Waals surface area contributed by atoms with Gasteiger partial charge in [0, 0.05) is 0 Å². The molecule has 0 aliphatic rings. The normalized spacial score (nSPS) is 11.9. The first-order valence-electron chi connectivity index (χ1n) is 11.1. The van der Waals surface area contributed by atoms with Crippen molar-refractivity contribution in [3.63, 3.8) is 0 Å². The zero-order chi connectivity index (χ0) is 22.9. The van der Waals surface area contributed by atoms with Gasteiger partial charge in [-0.2, -0.15) is 13.2 Å². The minimum absolute atomic E-state index is 1.18. The number of nitrogens with zero attached hydrogens (tertiary/aromatic N) is 2. The molecule has 0 spiro atoms. The van der Waals surface area contributed by atoms with Crippen LogP contribution in [0.1, 0.15) is 96.8 Å². The van der Waals surface area contributed by atoms with Crippen LogP contribution in [0, 0.1) is 0 Å². The number of unbranched alkanes of at least 4 members (excludes halogenated alkanes) is 13. The van der Waals surface area contributed by atoms with Gasteiger partial charge in [0.1, 0.15) is 12.4 Å². The number of aromatic nitrogens is 2. The summed E-state index contributed by atoms with van der Waals surface area (Å²) in [6.45, 7) is 3.47. The molecule has 30 heavy (non-hydrogen) atoms. The average Bonchev–Trinajstić information content (AvgIpc) is 3.06. The maximum atomic E-state index is 10.7. The van der Waals surface area contributed by atoms with E-state index in [-0.39, 0.29) is 0 Å². The van der Waals surface area contributed by atoms with E-state index in [9.17, 15) is 13.2 Å². The molecule has 0 aromatic carbocycles. The molecule has 0 N–H and O–H groups in total. The lowest BCUT2D eigenvalue weighted by Crippen LogP contribution is -2.30. The van der Waals surface area contributed by atoms with Crippen LogP contribution in [-0.2, 0) is 23.7 Å². The molecule has 0 radical (unpaired) electrons. The van der Waals surface area contributed by atoms with Crippen LogP contribution in [0.5, 0.6) is 0 Å². The number of aryl methyl sites for hydroxylation is 2. The van der Waals surface area contributed by atoms with Crippen LogP contribution in [0.2, 0.25) is 0 Å². The summed E-state index contributed by atoms with van der Waals surface area (Å²) < 4.78 is 63.3. The van der Waals surface area contributed by atoms with Crippen LogP contribution in [0.15, 0.2) is 18.7 Å². The molecule has 1 aromatic rings. The maximum Gasteiger partial charge on any atom is 0.485 e. The van der Waals surface area contributed by atoms with Crippen LogP contribution in [0.4, 0.5) is 13.2 Å². The second kappa shape index (κ2) is 16.6. The Morgan fingerprint density at radius 1 is 0.833 bits per heavy atom. The van der Waals surface area contributed by atoms with E-state index in [1.165, 1.54) is 96.4 Å². The van der Waals surface area contributed by atoms with Crippen molar-refractivity contribution in [1.29, 1.82) is 0 Å². The van der Waals surface area contributed by atoms with Crippen molar-refractivity contribution in [3.05, 3.63) is 18.7 Å². The molecule has 0 fully saturated rings. The van der Waals surface area contributed by atoms with Gasteiger partial charge in [-0.05, 0) is 12.8 Å². The summed E-state index contributed by atoms with van der Waals surface area (Å²) >= 11 is 0. The zero-order valence-corrected chi connectivity index (χ0v) is 19.3. The predicted octanol–water partition coefficient (Wildman–Crippen LogP) is 5.85. The number of hydrogen-bond acceptors (Lipinski definition) is 3. The number of hydrogen-bond donors (Lipinski definition) is 0. The van der Waals surface area contributed by atoms with Crippen molar-refractivity contribution in [2.45, 2.75) is 109 Å². The third-order valence-electron chi connectivity index (χ3n) is 4.88. The zero-order valence-electron chi connectivity index (χ0n) is 18.5. The van der Waals surface area contributed by atoms with Gasteiger partial charge in [0.15, 0.2) is 10.1 Å². The minimum Gasteiger partial charge on any atom is -0.741 e. The third-order valence-corrected chi connectivity index (χ3v) is 5.44. The average molecular weight is 457 g/mol. The van der Waals surface area contributed by atoms with E-state index in [2.05, 4.69) is 41.8 Å². The fraction of sp³-hybridized carbons (Fsp3) is 0.857. The monoisotopic (exact) mass is 456 g/mol. The smallest absolute Gasteiger partial charge is 0.485 e. The molecule has 9 heteroatoms. The Balaban J connectivity index is 0.000000890. The second-order valence-electron chi connectivity index (χ2n) is 7.81. The molecular weight excluding hydrogens is 417 g/mol. The predicted molar refractivity (Wildman–Crippen MR) is 112 cm³/mol. The van der Waals surface area contributed by atoms with Crippen molar-refractivity contribution < 1.29 is 30.7 Å². The molecule has 1 heterocycles. The van der Waals surface area contributed by atoms with Gasteiger partial charge in [-0.1, -0.05) is 84.0 Å². The van der Waals surface area contributed by atoms with Crippen LogP contribution in [0.3, 0.4) is 0 Å². The Morgan fingerprint density at radius 3 is 1.50 bits per heavy atom. The van der Waals surface area contributed by atoms with Gasteiger partial charge in [-0.25, -0.2) is 17.6 Å². The van der Waals surface area contributed by atoms with E-state index in [0.717, 1.165) is 0 Å². The largest absolute Gasteiger partial charge is 0.741 e. The molecule has 0 bridgehead atoms. The van der Waals surface area contributed by atoms with Gasteiger partial charge in [0.25, 0.3) is 0 Å².